The number of carbonyl (C=O) groups is 1. The van der Waals surface area contributed by atoms with Crippen LogP contribution in [-0.4, -0.2) is 5.91 Å². The van der Waals surface area contributed by atoms with Gasteiger partial charge in [-0.15, -0.1) is 11.3 Å². The highest BCUT2D eigenvalue weighted by Crippen LogP contribution is 2.25. The number of hydrogen-bond donors (Lipinski definition) is 2. The maximum Gasteiger partial charge on any atom is 0.267 e. The van der Waals surface area contributed by atoms with Crippen LogP contribution in [0.4, 0.5) is 11.4 Å². The maximum atomic E-state index is 12.0. The van der Waals surface area contributed by atoms with Crippen LogP contribution >= 0.6 is 27.3 Å². The molecule has 17 heavy (non-hydrogen) atoms. The number of rotatable bonds is 2. The topological polar surface area (TPSA) is 55.1 Å². The molecule has 1 aromatic carbocycles. The zero-order chi connectivity index (χ0) is 12.4. The number of thiophene rings is 1. The molecule has 0 aliphatic heterocycles. The molecule has 0 atom stereocenters. The summed E-state index contributed by atoms with van der Waals surface area (Å²) in [6, 6.07) is 7.41. The Balaban J connectivity index is 2.25. The summed E-state index contributed by atoms with van der Waals surface area (Å²) in [5.41, 5.74) is 8.00. The van der Waals surface area contributed by atoms with E-state index in [9.17, 15) is 4.79 Å². The number of nitrogens with two attached hydrogens (primary N) is 1. The summed E-state index contributed by atoms with van der Waals surface area (Å²) in [4.78, 5) is 12.5. The Hall–Kier alpha value is -1.33. The lowest BCUT2D eigenvalue weighted by Gasteiger charge is -2.09. The molecule has 5 heteroatoms. The van der Waals surface area contributed by atoms with Gasteiger partial charge in [0, 0.05) is 10.2 Å². The quantitative estimate of drug-likeness (QED) is 0.889. The molecule has 1 amide bonds. The Labute approximate surface area is 112 Å². The molecule has 0 bridgehead atoms. The average Bonchev–Trinajstić information content (AvgIpc) is 2.71. The molecule has 0 aliphatic rings. The third-order valence-corrected chi connectivity index (χ3v) is 4.21. The first kappa shape index (κ1) is 12.1. The molecular formula is C12H11BrN2OS. The van der Waals surface area contributed by atoms with Gasteiger partial charge < -0.3 is 11.1 Å². The van der Waals surface area contributed by atoms with Crippen LogP contribution in [0.3, 0.4) is 0 Å². The van der Waals surface area contributed by atoms with Crippen molar-refractivity contribution < 1.29 is 4.79 Å². The Kier molecular flexibility index (Phi) is 3.49. The summed E-state index contributed by atoms with van der Waals surface area (Å²) >= 11 is 4.76. The van der Waals surface area contributed by atoms with E-state index in [1.807, 2.05) is 25.1 Å². The van der Waals surface area contributed by atoms with Crippen molar-refractivity contribution >= 4 is 44.5 Å². The number of amides is 1. The van der Waals surface area contributed by atoms with E-state index in [1.165, 1.54) is 11.3 Å². The first-order valence-corrected chi connectivity index (χ1v) is 6.66. The molecule has 0 saturated carbocycles. The van der Waals surface area contributed by atoms with Crippen LogP contribution in [0.25, 0.3) is 0 Å². The van der Waals surface area contributed by atoms with Gasteiger partial charge in [0.15, 0.2) is 0 Å². The molecule has 1 heterocycles. The molecule has 3 nitrogen and oxygen atoms in total. The summed E-state index contributed by atoms with van der Waals surface area (Å²) in [6.45, 7) is 1.94. The zero-order valence-corrected chi connectivity index (χ0v) is 11.6. The maximum absolute atomic E-state index is 12.0. The van der Waals surface area contributed by atoms with Crippen molar-refractivity contribution in [2.45, 2.75) is 6.92 Å². The predicted octanol–water partition coefficient (Wildman–Crippen LogP) is 3.65. The monoisotopic (exact) mass is 310 g/mol. The zero-order valence-electron chi connectivity index (χ0n) is 9.16. The Bertz CT molecular complexity index is 565. The normalized spacial score (nSPS) is 10.2. The summed E-state index contributed by atoms with van der Waals surface area (Å²) in [5.74, 6) is -0.168. The van der Waals surface area contributed by atoms with Gasteiger partial charge in [-0.2, -0.15) is 0 Å². The van der Waals surface area contributed by atoms with Gasteiger partial charge in [0.1, 0.15) is 4.88 Å². The van der Waals surface area contributed by atoms with Gasteiger partial charge in [-0.05, 0) is 36.1 Å². The minimum absolute atomic E-state index is 0.168. The molecule has 3 N–H and O–H groups in total. The van der Waals surface area contributed by atoms with E-state index in [0.29, 0.717) is 10.6 Å². The van der Waals surface area contributed by atoms with E-state index in [4.69, 9.17) is 5.73 Å². The fourth-order valence-electron chi connectivity index (χ4n) is 1.43. The van der Waals surface area contributed by atoms with E-state index in [1.54, 1.807) is 11.4 Å². The molecule has 0 saturated heterocycles. The second-order valence-electron chi connectivity index (χ2n) is 3.57. The van der Waals surface area contributed by atoms with Gasteiger partial charge in [0.25, 0.3) is 5.91 Å². The Morgan fingerprint density at radius 2 is 2.18 bits per heavy atom. The van der Waals surface area contributed by atoms with Gasteiger partial charge in [0.2, 0.25) is 0 Å². The second-order valence-corrected chi connectivity index (χ2v) is 5.34. The Morgan fingerprint density at radius 3 is 2.82 bits per heavy atom. The van der Waals surface area contributed by atoms with Crippen molar-refractivity contribution in [3.63, 3.8) is 0 Å². The predicted molar refractivity (Wildman–Crippen MR) is 75.6 cm³/mol. The van der Waals surface area contributed by atoms with Gasteiger partial charge in [-0.25, -0.2) is 0 Å². The number of carbonyl (C=O) groups excluding carboxylic acids is 1. The number of nitrogen functional groups attached to an aromatic ring is 1. The van der Waals surface area contributed by atoms with Crippen molar-refractivity contribution in [2.75, 3.05) is 11.1 Å². The average molecular weight is 311 g/mol. The van der Waals surface area contributed by atoms with Gasteiger partial charge in [0.05, 0.1) is 5.69 Å². The molecule has 2 aromatic rings. The van der Waals surface area contributed by atoms with Crippen molar-refractivity contribution in [2.24, 2.45) is 0 Å². The van der Waals surface area contributed by atoms with Crippen LogP contribution in [0.5, 0.6) is 0 Å². The highest BCUT2D eigenvalue weighted by molar-refractivity contribution is 9.10. The van der Waals surface area contributed by atoms with E-state index >= 15 is 0 Å². The first-order valence-electron chi connectivity index (χ1n) is 4.99. The molecule has 88 valence electrons. The Morgan fingerprint density at radius 1 is 1.41 bits per heavy atom. The molecule has 1 aromatic heterocycles. The van der Waals surface area contributed by atoms with Crippen LogP contribution in [0.1, 0.15) is 15.2 Å². The molecule has 0 radical (unpaired) electrons. The molecule has 0 aliphatic carbocycles. The van der Waals surface area contributed by atoms with Crippen molar-refractivity contribution in [3.05, 3.63) is 44.6 Å². The molecule has 0 fully saturated rings. The van der Waals surface area contributed by atoms with Crippen molar-refractivity contribution in [1.29, 1.82) is 0 Å². The molecular weight excluding hydrogens is 300 g/mol. The smallest absolute Gasteiger partial charge is 0.267 e. The van der Waals surface area contributed by atoms with Gasteiger partial charge in [-0.1, -0.05) is 22.0 Å². The van der Waals surface area contributed by atoms with E-state index in [2.05, 4.69) is 21.2 Å². The number of nitrogens with one attached hydrogen (secondary N) is 1. The highest BCUT2D eigenvalue weighted by atomic mass is 79.9. The highest BCUT2D eigenvalue weighted by Gasteiger charge is 2.12. The van der Waals surface area contributed by atoms with Gasteiger partial charge >= 0.3 is 0 Å². The van der Waals surface area contributed by atoms with Gasteiger partial charge in [-0.3, -0.25) is 4.79 Å². The number of halogens is 1. The number of hydrogen-bond acceptors (Lipinski definition) is 3. The van der Waals surface area contributed by atoms with Crippen LogP contribution in [0.2, 0.25) is 0 Å². The minimum atomic E-state index is -0.168. The van der Waals surface area contributed by atoms with Crippen molar-refractivity contribution in [1.82, 2.24) is 0 Å². The number of benzene rings is 1. The fourth-order valence-corrected chi connectivity index (χ4v) is 2.50. The van der Waals surface area contributed by atoms with Crippen LogP contribution in [0.15, 0.2) is 34.1 Å². The van der Waals surface area contributed by atoms with E-state index in [-0.39, 0.29) is 5.91 Å². The van der Waals surface area contributed by atoms with E-state index < -0.39 is 0 Å². The van der Waals surface area contributed by atoms with Crippen molar-refractivity contribution in [3.8, 4) is 0 Å². The standard InChI is InChI=1S/C12H11BrN2OS/c1-7-8(13)3-2-4-10(7)15-12(16)11-9(14)5-6-17-11/h2-6H,14H2,1H3,(H,15,16). The first-order chi connectivity index (χ1) is 8.09. The lowest BCUT2D eigenvalue weighted by atomic mass is 10.2. The number of anilines is 2. The fraction of sp³-hybridized carbons (Fsp3) is 0.0833. The second kappa shape index (κ2) is 4.89. The minimum Gasteiger partial charge on any atom is -0.397 e. The largest absolute Gasteiger partial charge is 0.397 e. The third-order valence-electron chi connectivity index (χ3n) is 2.42. The summed E-state index contributed by atoms with van der Waals surface area (Å²) in [5, 5.41) is 4.66. The van der Waals surface area contributed by atoms with Crippen LogP contribution in [-0.2, 0) is 0 Å². The SMILES string of the molecule is Cc1c(Br)cccc1NC(=O)c1sccc1N. The van der Waals surface area contributed by atoms with Crippen LogP contribution < -0.4 is 11.1 Å². The van der Waals surface area contributed by atoms with Crippen LogP contribution in [0, 0.1) is 6.92 Å². The van der Waals surface area contributed by atoms with E-state index in [0.717, 1.165) is 15.7 Å². The molecule has 0 unspecified atom stereocenters. The summed E-state index contributed by atoms with van der Waals surface area (Å²) < 4.78 is 0.967. The summed E-state index contributed by atoms with van der Waals surface area (Å²) in [7, 11) is 0. The molecule has 2 rings (SSSR count). The lowest BCUT2D eigenvalue weighted by molar-refractivity contribution is 0.103. The lowest BCUT2D eigenvalue weighted by Crippen LogP contribution is -2.12. The molecule has 0 spiro atoms. The summed E-state index contributed by atoms with van der Waals surface area (Å²) in [6.07, 6.45) is 0. The third kappa shape index (κ3) is 2.50.